The lowest BCUT2D eigenvalue weighted by Crippen LogP contribution is -2.25. The Labute approximate surface area is 87.3 Å². The minimum Gasteiger partial charge on any atom is -0.457 e. The maximum Gasteiger partial charge on any atom is 0.333 e. The molecular formula is C12H22O2. The molecule has 0 saturated carbocycles. The molecule has 0 fully saturated rings. The lowest BCUT2D eigenvalue weighted by Gasteiger charge is -2.23. The molecule has 0 unspecified atom stereocenters. The average molecular weight is 198 g/mol. The van der Waals surface area contributed by atoms with Crippen molar-refractivity contribution in [1.82, 2.24) is 0 Å². The Bertz CT molecular complexity index is 200. The van der Waals surface area contributed by atoms with Crippen LogP contribution in [0, 0.1) is 5.41 Å². The maximum atomic E-state index is 11.5. The fourth-order valence-corrected chi connectivity index (χ4v) is 1.06. The Kier molecular flexibility index (Phi) is 3.92. The molecule has 0 N–H and O–H groups in total. The van der Waals surface area contributed by atoms with Crippen LogP contribution in [0.1, 0.15) is 48.0 Å². The monoisotopic (exact) mass is 198 g/mol. The number of carbonyl (C=O) groups is 1. The first-order valence-electron chi connectivity index (χ1n) is 4.92. The van der Waals surface area contributed by atoms with Crippen molar-refractivity contribution in [2.75, 3.05) is 0 Å². The molecule has 0 amide bonds. The average Bonchev–Trinajstić information content (AvgIpc) is 1.78. The standard InChI is InChI=1S/C12H22O2/c1-9(8-11(2,3)4)10(13)14-12(5,6)7/h1,8H2,2-7H3. The van der Waals surface area contributed by atoms with Gasteiger partial charge in [-0.3, -0.25) is 0 Å². The van der Waals surface area contributed by atoms with Crippen LogP contribution in [0.25, 0.3) is 0 Å². The molecule has 2 heteroatoms. The minimum absolute atomic E-state index is 0.0774. The molecule has 0 aromatic rings. The summed E-state index contributed by atoms with van der Waals surface area (Å²) in [4.78, 5) is 11.5. The van der Waals surface area contributed by atoms with Crippen LogP contribution in [0.3, 0.4) is 0 Å². The second-order valence-electron chi connectivity index (χ2n) is 5.84. The van der Waals surface area contributed by atoms with Crippen LogP contribution < -0.4 is 0 Å². The van der Waals surface area contributed by atoms with Crippen LogP contribution in [0.4, 0.5) is 0 Å². The highest BCUT2D eigenvalue weighted by Gasteiger charge is 2.22. The first kappa shape index (κ1) is 13.2. The molecule has 0 aliphatic carbocycles. The Morgan fingerprint density at radius 1 is 1.14 bits per heavy atom. The van der Waals surface area contributed by atoms with Gasteiger partial charge >= 0.3 is 5.97 Å². The SMILES string of the molecule is C=C(CC(C)(C)C)C(=O)OC(C)(C)C. The van der Waals surface area contributed by atoms with E-state index in [1.165, 1.54) is 0 Å². The predicted octanol–water partition coefficient (Wildman–Crippen LogP) is 3.32. The molecule has 0 aromatic carbocycles. The summed E-state index contributed by atoms with van der Waals surface area (Å²) in [5, 5.41) is 0. The largest absolute Gasteiger partial charge is 0.457 e. The van der Waals surface area contributed by atoms with Crippen LogP contribution in [0.15, 0.2) is 12.2 Å². The van der Waals surface area contributed by atoms with E-state index >= 15 is 0 Å². The Morgan fingerprint density at radius 3 is 1.86 bits per heavy atom. The summed E-state index contributed by atoms with van der Waals surface area (Å²) in [6.45, 7) is 15.5. The van der Waals surface area contributed by atoms with E-state index in [0.717, 1.165) is 0 Å². The van der Waals surface area contributed by atoms with Crippen molar-refractivity contribution < 1.29 is 9.53 Å². The molecule has 0 saturated heterocycles. The van der Waals surface area contributed by atoms with Crippen molar-refractivity contribution in [2.45, 2.75) is 53.6 Å². The molecule has 0 aliphatic rings. The zero-order chi connectivity index (χ0) is 11.6. The van der Waals surface area contributed by atoms with E-state index in [0.29, 0.717) is 12.0 Å². The summed E-state index contributed by atoms with van der Waals surface area (Å²) in [5.41, 5.74) is 0.193. The smallest absolute Gasteiger partial charge is 0.333 e. The van der Waals surface area contributed by atoms with E-state index in [1.807, 2.05) is 20.8 Å². The minimum atomic E-state index is -0.433. The van der Waals surface area contributed by atoms with E-state index in [2.05, 4.69) is 27.4 Å². The summed E-state index contributed by atoms with van der Waals surface area (Å²) in [7, 11) is 0. The molecule has 82 valence electrons. The van der Waals surface area contributed by atoms with Crippen molar-refractivity contribution >= 4 is 5.97 Å². The second kappa shape index (κ2) is 4.16. The molecule has 0 rings (SSSR count). The van der Waals surface area contributed by atoms with E-state index in [4.69, 9.17) is 4.74 Å². The molecule has 0 spiro atoms. The van der Waals surface area contributed by atoms with Crippen LogP contribution in [0.5, 0.6) is 0 Å². The Morgan fingerprint density at radius 2 is 1.57 bits per heavy atom. The van der Waals surface area contributed by atoms with Gasteiger partial charge in [-0.2, -0.15) is 0 Å². The van der Waals surface area contributed by atoms with Crippen molar-refractivity contribution in [3.63, 3.8) is 0 Å². The number of esters is 1. The fourth-order valence-electron chi connectivity index (χ4n) is 1.06. The highest BCUT2D eigenvalue weighted by Crippen LogP contribution is 2.24. The van der Waals surface area contributed by atoms with Gasteiger partial charge in [0.1, 0.15) is 5.60 Å². The number of hydrogen-bond donors (Lipinski definition) is 0. The third kappa shape index (κ3) is 6.70. The van der Waals surface area contributed by atoms with Gasteiger partial charge in [0.05, 0.1) is 0 Å². The van der Waals surface area contributed by atoms with Gasteiger partial charge in [0.2, 0.25) is 0 Å². The lowest BCUT2D eigenvalue weighted by molar-refractivity contribution is -0.150. The second-order valence-corrected chi connectivity index (χ2v) is 5.84. The summed E-state index contributed by atoms with van der Waals surface area (Å²) in [6, 6.07) is 0. The van der Waals surface area contributed by atoms with Crippen molar-refractivity contribution in [2.24, 2.45) is 5.41 Å². The summed E-state index contributed by atoms with van der Waals surface area (Å²) in [6.07, 6.45) is 0.669. The van der Waals surface area contributed by atoms with Gasteiger partial charge in [-0.1, -0.05) is 27.4 Å². The van der Waals surface area contributed by atoms with Gasteiger partial charge < -0.3 is 4.74 Å². The van der Waals surface area contributed by atoms with Crippen molar-refractivity contribution in [3.8, 4) is 0 Å². The Hall–Kier alpha value is -0.790. The molecule has 0 radical (unpaired) electrons. The van der Waals surface area contributed by atoms with Gasteiger partial charge in [0.25, 0.3) is 0 Å². The summed E-state index contributed by atoms with van der Waals surface area (Å²) < 4.78 is 5.21. The number of hydrogen-bond acceptors (Lipinski definition) is 2. The first-order chi connectivity index (χ1) is 6.01. The summed E-state index contributed by atoms with van der Waals surface area (Å²) in [5.74, 6) is -0.285. The molecule has 0 aromatic heterocycles. The van der Waals surface area contributed by atoms with Crippen molar-refractivity contribution in [3.05, 3.63) is 12.2 Å². The van der Waals surface area contributed by atoms with Crippen molar-refractivity contribution in [1.29, 1.82) is 0 Å². The third-order valence-electron chi connectivity index (χ3n) is 1.43. The third-order valence-corrected chi connectivity index (χ3v) is 1.43. The molecule has 0 aliphatic heterocycles. The normalized spacial score (nSPS) is 12.4. The molecule has 0 bridgehead atoms. The molecule has 0 heterocycles. The molecule has 14 heavy (non-hydrogen) atoms. The molecular weight excluding hydrogens is 176 g/mol. The lowest BCUT2D eigenvalue weighted by atomic mass is 9.88. The zero-order valence-electron chi connectivity index (χ0n) is 10.2. The molecule has 2 nitrogen and oxygen atoms in total. The van der Waals surface area contributed by atoms with Crippen LogP contribution in [-0.2, 0) is 9.53 Å². The number of carbonyl (C=O) groups excluding carboxylic acids is 1. The quantitative estimate of drug-likeness (QED) is 0.502. The summed E-state index contributed by atoms with van der Waals surface area (Å²) >= 11 is 0. The molecule has 0 atom stereocenters. The van der Waals surface area contributed by atoms with E-state index < -0.39 is 5.60 Å². The number of ether oxygens (including phenoxy) is 1. The van der Waals surface area contributed by atoms with E-state index in [1.54, 1.807) is 0 Å². The highest BCUT2D eigenvalue weighted by molar-refractivity contribution is 5.88. The topological polar surface area (TPSA) is 26.3 Å². The Balaban J connectivity index is 4.22. The van der Waals surface area contributed by atoms with E-state index in [-0.39, 0.29) is 11.4 Å². The zero-order valence-corrected chi connectivity index (χ0v) is 10.2. The highest BCUT2D eigenvalue weighted by atomic mass is 16.6. The van der Waals surface area contributed by atoms with Gasteiger partial charge in [-0.25, -0.2) is 4.79 Å². The van der Waals surface area contributed by atoms with Gasteiger partial charge in [-0.15, -0.1) is 0 Å². The number of rotatable bonds is 2. The van der Waals surface area contributed by atoms with E-state index in [9.17, 15) is 4.79 Å². The van der Waals surface area contributed by atoms with Crippen LogP contribution in [0.2, 0.25) is 0 Å². The van der Waals surface area contributed by atoms with Crippen LogP contribution in [-0.4, -0.2) is 11.6 Å². The van der Waals surface area contributed by atoms with Gasteiger partial charge in [-0.05, 0) is 32.6 Å². The van der Waals surface area contributed by atoms with Gasteiger partial charge in [0.15, 0.2) is 0 Å². The fraction of sp³-hybridized carbons (Fsp3) is 0.750. The maximum absolute atomic E-state index is 11.5. The van der Waals surface area contributed by atoms with Gasteiger partial charge in [0, 0.05) is 5.57 Å². The van der Waals surface area contributed by atoms with Crippen LogP contribution >= 0.6 is 0 Å². The predicted molar refractivity (Wildman–Crippen MR) is 59.1 cm³/mol. The first-order valence-corrected chi connectivity index (χ1v) is 4.92.